The lowest BCUT2D eigenvalue weighted by molar-refractivity contribution is -0.133. The molecule has 3 rings (SSSR count). The van der Waals surface area contributed by atoms with Gasteiger partial charge in [0.2, 0.25) is 0 Å². The number of nitrogens with zero attached hydrogens (tertiary/aromatic N) is 4. The summed E-state index contributed by atoms with van der Waals surface area (Å²) in [6.07, 6.45) is 0. The van der Waals surface area contributed by atoms with Crippen LogP contribution in [0, 0.1) is 13.8 Å². The van der Waals surface area contributed by atoms with Crippen LogP contribution in [0.4, 0.5) is 0 Å². The Morgan fingerprint density at radius 3 is 2.64 bits per heavy atom. The van der Waals surface area contributed by atoms with Gasteiger partial charge in [-0.05, 0) is 26.0 Å². The molecule has 0 amide bonds. The zero-order valence-electron chi connectivity index (χ0n) is 12.1. The first-order valence-corrected chi connectivity index (χ1v) is 7.69. The van der Waals surface area contributed by atoms with Crippen molar-refractivity contribution in [3.8, 4) is 5.69 Å². The Balaban J connectivity index is 2.17. The van der Waals surface area contributed by atoms with Crippen molar-refractivity contribution in [1.29, 1.82) is 0 Å². The fraction of sp³-hybridized carbons (Fsp3) is 0.200. The van der Waals surface area contributed by atoms with Gasteiger partial charge >= 0.3 is 5.97 Å². The number of hydrogen-bond donors (Lipinski definition) is 1. The van der Waals surface area contributed by atoms with Gasteiger partial charge in [0.1, 0.15) is 10.5 Å². The Hall–Kier alpha value is -2.41. The van der Waals surface area contributed by atoms with Crippen LogP contribution < -0.4 is 0 Å². The highest BCUT2D eigenvalue weighted by Gasteiger charge is 2.17. The second-order valence-corrected chi connectivity index (χ2v) is 5.79. The molecular formula is C15H14N4O2S. The molecule has 0 fully saturated rings. The van der Waals surface area contributed by atoms with E-state index in [9.17, 15) is 4.79 Å². The van der Waals surface area contributed by atoms with Crippen molar-refractivity contribution >= 4 is 28.6 Å². The van der Waals surface area contributed by atoms with E-state index in [1.54, 1.807) is 0 Å². The molecule has 0 bridgehead atoms. The van der Waals surface area contributed by atoms with E-state index < -0.39 is 5.97 Å². The number of aromatic nitrogens is 4. The summed E-state index contributed by atoms with van der Waals surface area (Å²) >= 11 is 1.13. The smallest absolute Gasteiger partial charge is 0.313 e. The van der Waals surface area contributed by atoms with Gasteiger partial charge in [0.15, 0.2) is 0 Å². The highest BCUT2D eigenvalue weighted by molar-refractivity contribution is 8.00. The minimum Gasteiger partial charge on any atom is -0.481 e. The van der Waals surface area contributed by atoms with Gasteiger partial charge in [0, 0.05) is 5.39 Å². The van der Waals surface area contributed by atoms with Gasteiger partial charge in [0.05, 0.1) is 22.8 Å². The summed E-state index contributed by atoms with van der Waals surface area (Å²) in [5, 5.41) is 23.2. The van der Waals surface area contributed by atoms with Crippen molar-refractivity contribution in [3.63, 3.8) is 0 Å². The average Bonchev–Trinajstić information content (AvgIpc) is 2.86. The molecule has 22 heavy (non-hydrogen) atoms. The standard InChI is InChI=1S/C15H14N4O2S/c1-9-13-10(2)19(11-6-4-3-5-7-11)18-14(13)15(17-16-9)22-8-12(20)21/h3-7H,8H2,1-2H3,(H,20,21). The van der Waals surface area contributed by atoms with Gasteiger partial charge in [0.25, 0.3) is 0 Å². The number of para-hydroxylation sites is 1. The lowest BCUT2D eigenvalue weighted by atomic mass is 10.2. The van der Waals surface area contributed by atoms with E-state index in [1.165, 1.54) is 0 Å². The predicted octanol–water partition coefficient (Wildman–Crippen LogP) is 2.61. The zero-order valence-corrected chi connectivity index (χ0v) is 13.0. The predicted molar refractivity (Wildman–Crippen MR) is 84.5 cm³/mol. The largest absolute Gasteiger partial charge is 0.481 e. The van der Waals surface area contributed by atoms with E-state index in [0.717, 1.165) is 34.2 Å². The fourth-order valence-electron chi connectivity index (χ4n) is 2.35. The van der Waals surface area contributed by atoms with Gasteiger partial charge in [-0.3, -0.25) is 4.79 Å². The Labute approximate surface area is 131 Å². The molecule has 0 atom stereocenters. The molecule has 0 aliphatic heterocycles. The average molecular weight is 314 g/mol. The van der Waals surface area contributed by atoms with E-state index in [-0.39, 0.29) is 5.75 Å². The van der Waals surface area contributed by atoms with Crippen LogP contribution >= 0.6 is 11.8 Å². The zero-order chi connectivity index (χ0) is 15.7. The molecule has 0 spiro atoms. The van der Waals surface area contributed by atoms with E-state index in [0.29, 0.717) is 10.5 Å². The van der Waals surface area contributed by atoms with Gasteiger partial charge < -0.3 is 5.11 Å². The number of aryl methyl sites for hydroxylation is 2. The minimum absolute atomic E-state index is 0.0654. The molecule has 6 nitrogen and oxygen atoms in total. The first-order valence-electron chi connectivity index (χ1n) is 6.70. The second kappa shape index (κ2) is 5.76. The van der Waals surface area contributed by atoms with Gasteiger partial charge in [-0.2, -0.15) is 10.2 Å². The summed E-state index contributed by atoms with van der Waals surface area (Å²) < 4.78 is 1.84. The summed E-state index contributed by atoms with van der Waals surface area (Å²) in [5.74, 6) is -0.955. The molecule has 1 N–H and O–H groups in total. The molecule has 2 heterocycles. The van der Waals surface area contributed by atoms with E-state index in [4.69, 9.17) is 5.11 Å². The number of thioether (sulfide) groups is 1. The summed E-state index contributed by atoms with van der Waals surface area (Å²) in [5.41, 5.74) is 3.39. The molecule has 1 aromatic carbocycles. The van der Waals surface area contributed by atoms with Gasteiger partial charge in [-0.15, -0.1) is 5.10 Å². The molecule has 7 heteroatoms. The van der Waals surface area contributed by atoms with Gasteiger partial charge in [-0.1, -0.05) is 30.0 Å². The Kier molecular flexibility index (Phi) is 3.81. The summed E-state index contributed by atoms with van der Waals surface area (Å²) in [7, 11) is 0. The third kappa shape index (κ3) is 2.55. The van der Waals surface area contributed by atoms with Crippen molar-refractivity contribution in [2.24, 2.45) is 0 Å². The molecule has 2 aromatic heterocycles. The van der Waals surface area contributed by atoms with E-state index in [2.05, 4.69) is 15.3 Å². The van der Waals surface area contributed by atoms with Crippen LogP contribution in [0.15, 0.2) is 35.4 Å². The number of rotatable bonds is 4. The van der Waals surface area contributed by atoms with Crippen molar-refractivity contribution in [1.82, 2.24) is 20.0 Å². The first kappa shape index (κ1) is 14.5. The first-order chi connectivity index (χ1) is 10.6. The van der Waals surface area contributed by atoms with Crippen molar-refractivity contribution in [2.45, 2.75) is 18.9 Å². The third-order valence-electron chi connectivity index (χ3n) is 3.30. The maximum atomic E-state index is 10.8. The highest BCUT2D eigenvalue weighted by Crippen LogP contribution is 2.29. The lowest BCUT2D eigenvalue weighted by Gasteiger charge is -2.03. The Bertz CT molecular complexity index is 846. The fourth-order valence-corrected chi connectivity index (χ4v) is 2.99. The third-order valence-corrected chi connectivity index (χ3v) is 4.24. The number of aliphatic carboxylic acids is 1. The molecule has 0 radical (unpaired) electrons. The van der Waals surface area contributed by atoms with Crippen LogP contribution in [0.5, 0.6) is 0 Å². The number of carbonyl (C=O) groups is 1. The highest BCUT2D eigenvalue weighted by atomic mass is 32.2. The molecule has 3 aromatic rings. The molecule has 0 aliphatic carbocycles. The van der Waals surface area contributed by atoms with Crippen LogP contribution in [0.3, 0.4) is 0 Å². The van der Waals surface area contributed by atoms with Crippen molar-refractivity contribution < 1.29 is 9.90 Å². The molecule has 0 aliphatic rings. The molecule has 0 saturated carbocycles. The number of carboxylic acid groups (broad SMARTS) is 1. The maximum Gasteiger partial charge on any atom is 0.313 e. The van der Waals surface area contributed by atoms with Crippen molar-refractivity contribution in [2.75, 3.05) is 5.75 Å². The monoisotopic (exact) mass is 314 g/mol. The lowest BCUT2D eigenvalue weighted by Crippen LogP contribution is -2.00. The molecule has 0 unspecified atom stereocenters. The summed E-state index contributed by atoms with van der Waals surface area (Å²) in [6.45, 7) is 3.85. The normalized spacial score (nSPS) is 11.0. The molecule has 0 saturated heterocycles. The van der Waals surface area contributed by atoms with Gasteiger partial charge in [-0.25, -0.2) is 4.68 Å². The number of fused-ring (bicyclic) bond motifs is 1. The Morgan fingerprint density at radius 1 is 1.23 bits per heavy atom. The van der Waals surface area contributed by atoms with Crippen LogP contribution in [-0.4, -0.2) is 36.8 Å². The molecule has 112 valence electrons. The maximum absolute atomic E-state index is 10.8. The number of carboxylic acids is 1. The minimum atomic E-state index is -0.889. The van der Waals surface area contributed by atoms with Crippen LogP contribution in [0.2, 0.25) is 0 Å². The Morgan fingerprint density at radius 2 is 1.95 bits per heavy atom. The quantitative estimate of drug-likeness (QED) is 0.746. The van der Waals surface area contributed by atoms with E-state index in [1.807, 2.05) is 48.9 Å². The number of hydrogen-bond acceptors (Lipinski definition) is 5. The van der Waals surface area contributed by atoms with Crippen LogP contribution in [-0.2, 0) is 4.79 Å². The van der Waals surface area contributed by atoms with Crippen LogP contribution in [0.25, 0.3) is 16.6 Å². The van der Waals surface area contributed by atoms with E-state index >= 15 is 0 Å². The summed E-state index contributed by atoms with van der Waals surface area (Å²) in [4.78, 5) is 10.8. The van der Waals surface area contributed by atoms with Crippen molar-refractivity contribution in [3.05, 3.63) is 41.7 Å². The summed E-state index contributed by atoms with van der Waals surface area (Å²) in [6, 6.07) is 9.79. The second-order valence-electron chi connectivity index (χ2n) is 4.83. The number of benzene rings is 1. The van der Waals surface area contributed by atoms with Crippen LogP contribution in [0.1, 0.15) is 11.4 Å². The SMILES string of the molecule is Cc1nnc(SCC(=O)O)c2nn(-c3ccccc3)c(C)c12. The topological polar surface area (TPSA) is 80.9 Å². The molecular weight excluding hydrogens is 300 g/mol.